The molecule has 0 aliphatic rings. The first kappa shape index (κ1) is 17.2. The lowest BCUT2D eigenvalue weighted by Crippen LogP contribution is -1.94. The Balaban J connectivity index is 2.17. The van der Waals surface area contributed by atoms with E-state index in [1.807, 2.05) is 43.3 Å². The van der Waals surface area contributed by atoms with Gasteiger partial charge in [0.05, 0.1) is 17.4 Å². The molecule has 0 amide bonds. The summed E-state index contributed by atoms with van der Waals surface area (Å²) in [5.41, 5.74) is 3.91. The molecule has 0 saturated heterocycles. The van der Waals surface area contributed by atoms with Gasteiger partial charge in [-0.15, -0.1) is 0 Å². The van der Waals surface area contributed by atoms with Crippen molar-refractivity contribution in [1.29, 1.82) is 0 Å². The third-order valence-electron chi connectivity index (χ3n) is 4.49. The van der Waals surface area contributed by atoms with E-state index in [1.165, 1.54) is 0 Å². The Morgan fingerprint density at radius 1 is 0.960 bits per heavy atom. The quantitative estimate of drug-likeness (QED) is 0.537. The van der Waals surface area contributed by atoms with Gasteiger partial charge in [-0.25, -0.2) is 0 Å². The number of hydrogen-bond donors (Lipinski definition) is 2. The zero-order valence-electron chi connectivity index (χ0n) is 14.7. The van der Waals surface area contributed by atoms with Crippen molar-refractivity contribution in [3.8, 4) is 33.9 Å². The molecule has 2 N–H and O–H groups in total. The standard InChI is InChI=1S/C22H24O3/c1-3-4-5-9-17-14-18(23)20(16-10-6-8-15(2)13-16)22(24)21(17)19-11-7-12-25-19/h6-8,10-14,23-24H,3-5,9H2,1-2H3. The summed E-state index contributed by atoms with van der Waals surface area (Å²) in [7, 11) is 0. The summed E-state index contributed by atoms with van der Waals surface area (Å²) in [6.07, 6.45) is 5.63. The van der Waals surface area contributed by atoms with E-state index in [-0.39, 0.29) is 11.5 Å². The van der Waals surface area contributed by atoms with Gasteiger partial charge >= 0.3 is 0 Å². The van der Waals surface area contributed by atoms with Gasteiger partial charge in [0.15, 0.2) is 0 Å². The van der Waals surface area contributed by atoms with Gasteiger partial charge in [0.1, 0.15) is 17.3 Å². The minimum Gasteiger partial charge on any atom is -0.507 e. The van der Waals surface area contributed by atoms with Crippen molar-refractivity contribution in [2.24, 2.45) is 0 Å². The smallest absolute Gasteiger partial charge is 0.138 e. The highest BCUT2D eigenvalue weighted by Crippen LogP contribution is 2.46. The molecule has 3 aromatic rings. The Bertz CT molecular complexity index is 848. The van der Waals surface area contributed by atoms with Crippen LogP contribution in [0.4, 0.5) is 0 Å². The lowest BCUT2D eigenvalue weighted by molar-refractivity contribution is 0.452. The van der Waals surface area contributed by atoms with Crippen LogP contribution in [0, 0.1) is 6.92 Å². The van der Waals surface area contributed by atoms with Crippen molar-refractivity contribution >= 4 is 0 Å². The van der Waals surface area contributed by atoms with Crippen LogP contribution in [0.1, 0.15) is 37.3 Å². The number of rotatable bonds is 6. The van der Waals surface area contributed by atoms with E-state index in [0.717, 1.165) is 42.4 Å². The molecule has 0 atom stereocenters. The van der Waals surface area contributed by atoms with Crippen LogP contribution in [-0.4, -0.2) is 10.2 Å². The topological polar surface area (TPSA) is 53.6 Å². The molecular weight excluding hydrogens is 312 g/mol. The van der Waals surface area contributed by atoms with Crippen molar-refractivity contribution in [3.05, 3.63) is 59.9 Å². The number of furan rings is 1. The molecule has 3 rings (SSSR count). The molecule has 0 spiro atoms. The maximum atomic E-state index is 11.0. The first-order valence-corrected chi connectivity index (χ1v) is 8.80. The van der Waals surface area contributed by atoms with Gasteiger partial charge in [-0.05, 0) is 49.1 Å². The van der Waals surface area contributed by atoms with Crippen LogP contribution in [-0.2, 0) is 6.42 Å². The van der Waals surface area contributed by atoms with Crippen LogP contribution in [0.2, 0.25) is 0 Å². The lowest BCUT2D eigenvalue weighted by atomic mass is 9.92. The molecule has 1 heterocycles. The highest BCUT2D eigenvalue weighted by molar-refractivity contribution is 5.86. The molecule has 0 bridgehead atoms. The van der Waals surface area contributed by atoms with Gasteiger partial charge in [0.25, 0.3) is 0 Å². The van der Waals surface area contributed by atoms with E-state index >= 15 is 0 Å². The molecule has 0 aliphatic heterocycles. The Morgan fingerprint density at radius 2 is 1.80 bits per heavy atom. The summed E-state index contributed by atoms with van der Waals surface area (Å²) in [5, 5.41) is 21.6. The molecule has 1 aromatic heterocycles. The van der Waals surface area contributed by atoms with Crippen molar-refractivity contribution in [1.82, 2.24) is 0 Å². The summed E-state index contributed by atoms with van der Waals surface area (Å²) >= 11 is 0. The number of aromatic hydroxyl groups is 2. The highest BCUT2D eigenvalue weighted by Gasteiger charge is 2.21. The summed E-state index contributed by atoms with van der Waals surface area (Å²) in [5.74, 6) is 0.801. The fraction of sp³-hybridized carbons (Fsp3) is 0.273. The van der Waals surface area contributed by atoms with Crippen LogP contribution in [0.5, 0.6) is 11.5 Å². The molecule has 2 aromatic carbocycles. The number of phenols is 2. The van der Waals surface area contributed by atoms with Gasteiger partial charge in [-0.3, -0.25) is 0 Å². The SMILES string of the molecule is CCCCCc1cc(O)c(-c2cccc(C)c2)c(O)c1-c1ccco1. The van der Waals surface area contributed by atoms with E-state index in [1.54, 1.807) is 12.3 Å². The van der Waals surface area contributed by atoms with Gasteiger partial charge < -0.3 is 14.6 Å². The molecule has 130 valence electrons. The molecule has 0 saturated carbocycles. The number of phenolic OH excluding ortho intramolecular Hbond substituents is 2. The second kappa shape index (κ2) is 7.47. The molecule has 0 aliphatic carbocycles. The maximum absolute atomic E-state index is 11.0. The lowest BCUT2D eigenvalue weighted by Gasteiger charge is -2.16. The maximum Gasteiger partial charge on any atom is 0.138 e. The first-order chi connectivity index (χ1) is 12.1. The van der Waals surface area contributed by atoms with Crippen molar-refractivity contribution < 1.29 is 14.6 Å². The van der Waals surface area contributed by atoms with Crippen LogP contribution >= 0.6 is 0 Å². The van der Waals surface area contributed by atoms with Crippen LogP contribution in [0.25, 0.3) is 22.5 Å². The monoisotopic (exact) mass is 336 g/mol. The van der Waals surface area contributed by atoms with E-state index in [2.05, 4.69) is 6.92 Å². The molecule has 0 radical (unpaired) electrons. The van der Waals surface area contributed by atoms with Gasteiger partial charge in [0.2, 0.25) is 0 Å². The summed E-state index contributed by atoms with van der Waals surface area (Å²) in [6.45, 7) is 4.15. The summed E-state index contributed by atoms with van der Waals surface area (Å²) in [6, 6.07) is 13.2. The van der Waals surface area contributed by atoms with Gasteiger partial charge in [0, 0.05) is 0 Å². The Morgan fingerprint density at radius 3 is 2.48 bits per heavy atom. The molecule has 0 fully saturated rings. The molecular formula is C22H24O3. The average molecular weight is 336 g/mol. The largest absolute Gasteiger partial charge is 0.507 e. The van der Waals surface area contributed by atoms with Crippen LogP contribution in [0.15, 0.2) is 53.1 Å². The Hall–Kier alpha value is -2.68. The molecule has 25 heavy (non-hydrogen) atoms. The van der Waals surface area contributed by atoms with Crippen LogP contribution in [0.3, 0.4) is 0 Å². The van der Waals surface area contributed by atoms with Gasteiger partial charge in [-0.1, -0.05) is 49.6 Å². The first-order valence-electron chi connectivity index (χ1n) is 8.80. The van der Waals surface area contributed by atoms with E-state index in [9.17, 15) is 10.2 Å². The zero-order chi connectivity index (χ0) is 17.8. The molecule has 3 nitrogen and oxygen atoms in total. The molecule has 0 unspecified atom stereocenters. The Kier molecular flexibility index (Phi) is 5.13. The van der Waals surface area contributed by atoms with Crippen molar-refractivity contribution in [2.75, 3.05) is 0 Å². The minimum absolute atomic E-state index is 0.0760. The predicted molar refractivity (Wildman–Crippen MR) is 101 cm³/mol. The van der Waals surface area contributed by atoms with E-state index in [4.69, 9.17) is 4.42 Å². The number of unbranched alkanes of at least 4 members (excludes halogenated alkanes) is 2. The van der Waals surface area contributed by atoms with E-state index < -0.39 is 0 Å². The van der Waals surface area contributed by atoms with Gasteiger partial charge in [-0.2, -0.15) is 0 Å². The second-order valence-corrected chi connectivity index (χ2v) is 6.46. The average Bonchev–Trinajstić information content (AvgIpc) is 3.09. The highest BCUT2D eigenvalue weighted by atomic mass is 16.3. The van der Waals surface area contributed by atoms with Crippen molar-refractivity contribution in [3.63, 3.8) is 0 Å². The number of aryl methyl sites for hydroxylation is 2. The number of benzene rings is 2. The van der Waals surface area contributed by atoms with Crippen molar-refractivity contribution in [2.45, 2.75) is 39.5 Å². The molecule has 3 heteroatoms. The van der Waals surface area contributed by atoms with E-state index in [0.29, 0.717) is 16.9 Å². The fourth-order valence-electron chi connectivity index (χ4n) is 3.25. The summed E-state index contributed by atoms with van der Waals surface area (Å²) in [4.78, 5) is 0. The second-order valence-electron chi connectivity index (χ2n) is 6.46. The normalized spacial score (nSPS) is 11.0. The summed E-state index contributed by atoms with van der Waals surface area (Å²) < 4.78 is 5.56. The fourth-order valence-corrected chi connectivity index (χ4v) is 3.25. The number of hydrogen-bond acceptors (Lipinski definition) is 3. The third-order valence-corrected chi connectivity index (χ3v) is 4.49. The zero-order valence-corrected chi connectivity index (χ0v) is 14.7. The third kappa shape index (κ3) is 3.55. The Labute approximate surface area is 148 Å². The predicted octanol–water partition coefficient (Wildman–Crippen LogP) is 6.07. The van der Waals surface area contributed by atoms with Crippen LogP contribution < -0.4 is 0 Å². The minimum atomic E-state index is 0.0760.